The maximum Gasteiger partial charge on any atom is 0.0950 e. The molecule has 48 heavy (non-hydrogen) atoms. The third kappa shape index (κ3) is 4.00. The summed E-state index contributed by atoms with van der Waals surface area (Å²) in [5.74, 6) is 0. The van der Waals surface area contributed by atoms with Crippen molar-refractivity contribution in [2.45, 2.75) is 25.3 Å². The molecule has 0 amide bonds. The Morgan fingerprint density at radius 2 is 1.33 bits per heavy atom. The molecule has 6 aromatic rings. The number of benzene rings is 6. The molecule has 1 N–H and O–H groups in total. The lowest BCUT2D eigenvalue weighted by atomic mass is 9.80. The summed E-state index contributed by atoms with van der Waals surface area (Å²) in [4.78, 5) is 5.18. The molecule has 1 heterocycles. The quantitative estimate of drug-likeness (QED) is 0.193. The summed E-state index contributed by atoms with van der Waals surface area (Å²) >= 11 is 0. The van der Waals surface area contributed by atoms with Gasteiger partial charge in [0.15, 0.2) is 0 Å². The Morgan fingerprint density at radius 1 is 0.625 bits per heavy atom. The Labute approximate surface area is 282 Å². The highest BCUT2D eigenvalue weighted by Gasteiger charge is 2.40. The molecule has 0 spiro atoms. The van der Waals surface area contributed by atoms with E-state index in [1.807, 2.05) is 0 Å². The molecule has 0 aromatic heterocycles. The summed E-state index contributed by atoms with van der Waals surface area (Å²) in [6.45, 7) is 4.78. The van der Waals surface area contributed by atoms with E-state index in [-0.39, 0.29) is 11.5 Å². The van der Waals surface area contributed by atoms with Crippen LogP contribution < -0.4 is 21.2 Å². The van der Waals surface area contributed by atoms with Gasteiger partial charge in [-0.1, -0.05) is 147 Å². The van der Waals surface area contributed by atoms with E-state index in [4.69, 9.17) is 4.99 Å². The van der Waals surface area contributed by atoms with Gasteiger partial charge >= 0.3 is 0 Å². The molecule has 0 fully saturated rings. The normalized spacial score (nSPS) is 17.6. The molecular weight excluding hydrogens is 599 g/mol. The second kappa shape index (κ2) is 10.3. The average Bonchev–Trinajstić information content (AvgIpc) is 3.57. The fraction of sp³-hybridized carbons (Fsp3) is 0.0889. The molecule has 0 radical (unpaired) electrons. The standard InChI is InChI=1S/C45H33N2P/c1-45(2)37-26-29(28-20-23-32(24-21-28)48(30-12-5-3-6-13-30)31-14-7-4-8-15-31)22-25-33(37)42-34-16-11-17-35-41(34)36(27-38(42)45)44-43(35)46-39-18-9-10-19-40(39)47-44/h3-27,40,47H,1-2H3. The average molecular weight is 633 g/mol. The van der Waals surface area contributed by atoms with Crippen molar-refractivity contribution in [2.75, 3.05) is 0 Å². The van der Waals surface area contributed by atoms with Gasteiger partial charge in [-0.05, 0) is 80.8 Å². The molecule has 6 aromatic carbocycles. The molecule has 3 heteroatoms. The first-order valence-electron chi connectivity index (χ1n) is 16.8. The lowest BCUT2D eigenvalue weighted by molar-refractivity contribution is 0.660. The van der Waals surface area contributed by atoms with Gasteiger partial charge in [0.2, 0.25) is 0 Å². The van der Waals surface area contributed by atoms with E-state index >= 15 is 0 Å². The Kier molecular flexibility index (Phi) is 5.99. The van der Waals surface area contributed by atoms with Gasteiger partial charge in [-0.15, -0.1) is 0 Å². The largest absolute Gasteiger partial charge is 0.371 e. The molecule has 3 aliphatic carbocycles. The van der Waals surface area contributed by atoms with Crippen LogP contribution in [0.3, 0.4) is 0 Å². The van der Waals surface area contributed by atoms with Gasteiger partial charge in [-0.3, -0.25) is 0 Å². The van der Waals surface area contributed by atoms with Crippen LogP contribution in [0.5, 0.6) is 0 Å². The van der Waals surface area contributed by atoms with Crippen molar-refractivity contribution in [3.63, 3.8) is 0 Å². The number of rotatable bonds is 4. The minimum Gasteiger partial charge on any atom is -0.371 e. The number of nitrogens with zero attached hydrogens (tertiary/aromatic N) is 1. The van der Waals surface area contributed by atoms with Crippen molar-refractivity contribution in [2.24, 2.45) is 4.99 Å². The topological polar surface area (TPSA) is 24.4 Å². The zero-order valence-electron chi connectivity index (χ0n) is 26.9. The van der Waals surface area contributed by atoms with Crippen LogP contribution in [-0.4, -0.2) is 11.8 Å². The van der Waals surface area contributed by atoms with Gasteiger partial charge < -0.3 is 5.32 Å². The highest BCUT2D eigenvalue weighted by Crippen LogP contribution is 2.56. The summed E-state index contributed by atoms with van der Waals surface area (Å²) in [5, 5.41) is 10.6. The minimum atomic E-state index is -0.630. The second-order valence-electron chi connectivity index (χ2n) is 13.6. The second-order valence-corrected chi connectivity index (χ2v) is 15.9. The van der Waals surface area contributed by atoms with Crippen LogP contribution >= 0.6 is 7.92 Å². The third-order valence-electron chi connectivity index (χ3n) is 10.6. The maximum absolute atomic E-state index is 5.18. The summed E-state index contributed by atoms with van der Waals surface area (Å²) < 4.78 is 0. The monoisotopic (exact) mass is 632 g/mol. The zero-order chi connectivity index (χ0) is 32.0. The number of nitrogens with one attached hydrogen (secondary N) is 1. The maximum atomic E-state index is 5.18. The Hall–Kier alpha value is -5.30. The van der Waals surface area contributed by atoms with E-state index in [1.54, 1.807) is 0 Å². The summed E-state index contributed by atoms with van der Waals surface area (Å²) in [6.07, 6.45) is 8.52. The number of allylic oxidation sites excluding steroid dienone is 2. The zero-order valence-corrected chi connectivity index (χ0v) is 27.8. The number of aliphatic imine (C=N–C) groups is 1. The fourth-order valence-electron chi connectivity index (χ4n) is 8.24. The molecule has 1 unspecified atom stereocenters. The molecule has 4 aliphatic rings. The summed E-state index contributed by atoms with van der Waals surface area (Å²) in [5.41, 5.74) is 13.7. The van der Waals surface area contributed by atoms with E-state index in [0.717, 1.165) is 17.1 Å². The van der Waals surface area contributed by atoms with Crippen molar-refractivity contribution in [3.8, 4) is 22.3 Å². The Bertz CT molecular complexity index is 2390. The van der Waals surface area contributed by atoms with Crippen molar-refractivity contribution >= 4 is 51.7 Å². The molecule has 228 valence electrons. The first-order valence-corrected chi connectivity index (χ1v) is 18.1. The smallest absolute Gasteiger partial charge is 0.0950 e. The minimum absolute atomic E-state index is 0.113. The van der Waals surface area contributed by atoms with Gasteiger partial charge in [0, 0.05) is 21.9 Å². The molecule has 0 bridgehead atoms. The van der Waals surface area contributed by atoms with Crippen molar-refractivity contribution in [3.05, 3.63) is 174 Å². The predicted molar refractivity (Wildman–Crippen MR) is 205 cm³/mol. The van der Waals surface area contributed by atoms with Crippen molar-refractivity contribution in [1.29, 1.82) is 0 Å². The van der Waals surface area contributed by atoms with Crippen LogP contribution in [-0.2, 0) is 5.41 Å². The molecule has 0 saturated carbocycles. The third-order valence-corrected chi connectivity index (χ3v) is 13.0. The number of hydrogen-bond donors (Lipinski definition) is 1. The van der Waals surface area contributed by atoms with Gasteiger partial charge in [0.25, 0.3) is 0 Å². The van der Waals surface area contributed by atoms with E-state index in [9.17, 15) is 0 Å². The Morgan fingerprint density at radius 3 is 2.08 bits per heavy atom. The van der Waals surface area contributed by atoms with Gasteiger partial charge in [0.1, 0.15) is 0 Å². The van der Waals surface area contributed by atoms with Crippen LogP contribution in [0.25, 0.3) is 44.4 Å². The molecular formula is C45H33N2P. The Balaban J connectivity index is 1.06. The van der Waals surface area contributed by atoms with E-state index in [0.29, 0.717) is 0 Å². The molecule has 0 saturated heterocycles. The lowest BCUT2D eigenvalue weighted by Gasteiger charge is -2.26. The van der Waals surface area contributed by atoms with Crippen LogP contribution in [0, 0.1) is 0 Å². The van der Waals surface area contributed by atoms with Crippen LogP contribution in [0.1, 0.15) is 36.1 Å². The summed E-state index contributed by atoms with van der Waals surface area (Å²) in [7, 11) is -0.630. The molecule has 1 atom stereocenters. The van der Waals surface area contributed by atoms with Gasteiger partial charge in [0.05, 0.1) is 23.1 Å². The van der Waals surface area contributed by atoms with Crippen molar-refractivity contribution in [1.82, 2.24) is 5.32 Å². The van der Waals surface area contributed by atoms with Gasteiger partial charge in [-0.2, -0.15) is 0 Å². The molecule has 1 aliphatic heterocycles. The first kappa shape index (κ1) is 27.8. The molecule has 2 nitrogen and oxygen atoms in total. The highest BCUT2D eigenvalue weighted by atomic mass is 31.1. The van der Waals surface area contributed by atoms with Crippen LogP contribution in [0.2, 0.25) is 0 Å². The first-order chi connectivity index (χ1) is 23.6. The van der Waals surface area contributed by atoms with E-state index in [1.165, 1.54) is 71.2 Å². The lowest BCUT2D eigenvalue weighted by Crippen LogP contribution is -2.36. The van der Waals surface area contributed by atoms with Crippen molar-refractivity contribution < 1.29 is 0 Å². The predicted octanol–water partition coefficient (Wildman–Crippen LogP) is 9.25. The van der Waals surface area contributed by atoms with E-state index in [2.05, 4.69) is 171 Å². The highest BCUT2D eigenvalue weighted by molar-refractivity contribution is 7.79. The van der Waals surface area contributed by atoms with E-state index < -0.39 is 7.92 Å². The van der Waals surface area contributed by atoms with Crippen LogP contribution in [0.15, 0.2) is 157 Å². The fourth-order valence-corrected chi connectivity index (χ4v) is 10.5. The van der Waals surface area contributed by atoms with Crippen LogP contribution in [0.4, 0.5) is 0 Å². The molecule has 10 rings (SSSR count). The number of hydrogen-bond acceptors (Lipinski definition) is 2. The number of fused-ring (bicyclic) bond motifs is 7. The SMILES string of the molecule is CC1(C)c2cc(-c3ccc(P(c4ccccc4)c4ccccc4)cc3)ccc2-c2c1cc1c3c(cccc23)C2=C1NC1C=CC=CC1=N2. The summed E-state index contributed by atoms with van der Waals surface area (Å²) in [6, 6.07) is 47.7. The van der Waals surface area contributed by atoms with Gasteiger partial charge in [-0.25, -0.2) is 4.99 Å².